The summed E-state index contributed by atoms with van der Waals surface area (Å²) in [6, 6.07) is 11.4. The molecule has 1 aliphatic rings. The van der Waals surface area contributed by atoms with Crippen LogP contribution in [0.4, 0.5) is 11.4 Å². The molecule has 0 aromatic heterocycles. The van der Waals surface area contributed by atoms with Crippen molar-refractivity contribution < 1.29 is 35.9 Å². The van der Waals surface area contributed by atoms with E-state index in [9.17, 15) is 26.4 Å². The van der Waals surface area contributed by atoms with Gasteiger partial charge in [0.15, 0.2) is 6.61 Å². The lowest BCUT2D eigenvalue weighted by Gasteiger charge is -2.26. The molecule has 0 bridgehead atoms. The van der Waals surface area contributed by atoms with Crippen molar-refractivity contribution in [2.45, 2.75) is 4.90 Å². The number of nitrogens with zero attached hydrogens (tertiary/aromatic N) is 1. The molecule has 33 heavy (non-hydrogen) atoms. The molecule has 1 heterocycles. The first-order valence-corrected chi connectivity index (χ1v) is 13.1. The van der Waals surface area contributed by atoms with Gasteiger partial charge in [-0.1, -0.05) is 12.1 Å². The van der Waals surface area contributed by atoms with E-state index in [1.54, 1.807) is 6.07 Å². The highest BCUT2D eigenvalue weighted by atomic mass is 32.2. The van der Waals surface area contributed by atoms with Gasteiger partial charge in [0.2, 0.25) is 20.0 Å². The van der Waals surface area contributed by atoms with Crippen LogP contribution in [-0.2, 0) is 34.3 Å². The number of carbonyl (C=O) groups excluding carboxylic acids is 2. The van der Waals surface area contributed by atoms with Gasteiger partial charge in [-0.05, 0) is 36.4 Å². The highest BCUT2D eigenvalue weighted by Crippen LogP contribution is 2.20. The molecule has 1 amide bonds. The molecular formula is C20H23N3O8S2. The Labute approximate surface area is 191 Å². The van der Waals surface area contributed by atoms with Crippen molar-refractivity contribution in [3.63, 3.8) is 0 Å². The van der Waals surface area contributed by atoms with E-state index in [1.807, 2.05) is 0 Å². The molecule has 1 fully saturated rings. The Bertz CT molecular complexity index is 1220. The van der Waals surface area contributed by atoms with Crippen molar-refractivity contribution >= 4 is 43.3 Å². The van der Waals surface area contributed by atoms with E-state index in [0.717, 1.165) is 6.26 Å². The molecule has 0 radical (unpaired) electrons. The molecule has 0 saturated carbocycles. The summed E-state index contributed by atoms with van der Waals surface area (Å²) in [4.78, 5) is 24.5. The van der Waals surface area contributed by atoms with Gasteiger partial charge in [-0.15, -0.1) is 0 Å². The minimum Gasteiger partial charge on any atom is -0.452 e. The van der Waals surface area contributed by atoms with Gasteiger partial charge in [0.1, 0.15) is 0 Å². The van der Waals surface area contributed by atoms with Gasteiger partial charge in [-0.25, -0.2) is 21.6 Å². The number of benzene rings is 2. The van der Waals surface area contributed by atoms with Gasteiger partial charge in [0.05, 0.1) is 35.6 Å². The van der Waals surface area contributed by atoms with E-state index in [4.69, 9.17) is 9.47 Å². The van der Waals surface area contributed by atoms with Gasteiger partial charge in [0, 0.05) is 18.8 Å². The first kappa shape index (κ1) is 24.6. The van der Waals surface area contributed by atoms with Gasteiger partial charge in [-0.2, -0.15) is 4.31 Å². The molecule has 11 nitrogen and oxygen atoms in total. The van der Waals surface area contributed by atoms with E-state index in [0.29, 0.717) is 18.9 Å². The molecule has 0 unspecified atom stereocenters. The SMILES string of the molecule is CS(=O)(=O)Nc1ccccc1C(=O)OCC(=O)Nc1ccc(S(=O)(=O)N2CCOCC2)cc1. The number of esters is 1. The second kappa shape index (κ2) is 10.3. The number of rotatable bonds is 8. The molecule has 178 valence electrons. The van der Waals surface area contributed by atoms with Crippen molar-refractivity contribution in [3.8, 4) is 0 Å². The highest BCUT2D eigenvalue weighted by Gasteiger charge is 2.26. The first-order valence-electron chi connectivity index (χ1n) is 9.78. The van der Waals surface area contributed by atoms with Gasteiger partial charge >= 0.3 is 5.97 Å². The van der Waals surface area contributed by atoms with Crippen LogP contribution in [-0.4, -0.2) is 72.2 Å². The monoisotopic (exact) mass is 497 g/mol. The zero-order chi connectivity index (χ0) is 24.1. The molecule has 1 saturated heterocycles. The predicted octanol–water partition coefficient (Wildman–Crippen LogP) is 0.875. The number of hydrogen-bond acceptors (Lipinski definition) is 8. The molecule has 13 heteroatoms. The van der Waals surface area contributed by atoms with Crippen molar-refractivity contribution in [1.29, 1.82) is 0 Å². The van der Waals surface area contributed by atoms with Crippen LogP contribution in [0.2, 0.25) is 0 Å². The number of hydrogen-bond donors (Lipinski definition) is 2. The number of morpholine rings is 1. The van der Waals surface area contributed by atoms with E-state index in [1.165, 1.54) is 46.8 Å². The van der Waals surface area contributed by atoms with Crippen LogP contribution >= 0.6 is 0 Å². The van der Waals surface area contributed by atoms with Crippen LogP contribution in [0.25, 0.3) is 0 Å². The lowest BCUT2D eigenvalue weighted by molar-refractivity contribution is -0.119. The van der Waals surface area contributed by atoms with E-state index in [-0.39, 0.29) is 29.2 Å². The van der Waals surface area contributed by atoms with E-state index in [2.05, 4.69) is 10.0 Å². The molecule has 2 aromatic carbocycles. The van der Waals surface area contributed by atoms with Crippen LogP contribution in [0.3, 0.4) is 0 Å². The summed E-state index contributed by atoms with van der Waals surface area (Å²) >= 11 is 0. The Hall–Kier alpha value is -3.00. The van der Waals surface area contributed by atoms with Gasteiger partial charge in [0.25, 0.3) is 5.91 Å². The summed E-state index contributed by atoms with van der Waals surface area (Å²) in [5, 5.41) is 2.50. The zero-order valence-electron chi connectivity index (χ0n) is 17.7. The van der Waals surface area contributed by atoms with Crippen molar-refractivity contribution in [2.75, 3.05) is 49.2 Å². The smallest absolute Gasteiger partial charge is 0.340 e. The first-order chi connectivity index (χ1) is 15.6. The van der Waals surface area contributed by atoms with E-state index >= 15 is 0 Å². The van der Waals surface area contributed by atoms with Crippen LogP contribution in [0.5, 0.6) is 0 Å². The summed E-state index contributed by atoms with van der Waals surface area (Å²) in [7, 11) is -7.27. The molecule has 0 atom stereocenters. The van der Waals surface area contributed by atoms with Gasteiger partial charge < -0.3 is 14.8 Å². The standard InChI is InChI=1S/C20H23N3O8S2/c1-32(26,27)22-18-5-3-2-4-17(18)20(25)31-14-19(24)21-15-6-8-16(9-7-15)33(28,29)23-10-12-30-13-11-23/h2-9,22H,10-14H2,1H3,(H,21,24). The second-order valence-electron chi connectivity index (χ2n) is 7.08. The zero-order valence-corrected chi connectivity index (χ0v) is 19.3. The fourth-order valence-corrected chi connectivity index (χ4v) is 4.99. The molecule has 2 aromatic rings. The minimum absolute atomic E-state index is 0.0301. The fourth-order valence-electron chi connectivity index (χ4n) is 3.00. The quantitative estimate of drug-likeness (QED) is 0.511. The Balaban J connectivity index is 1.58. The lowest BCUT2D eigenvalue weighted by Crippen LogP contribution is -2.40. The topological polar surface area (TPSA) is 148 Å². The predicted molar refractivity (Wildman–Crippen MR) is 120 cm³/mol. The summed E-state index contributed by atoms with van der Waals surface area (Å²) in [6.07, 6.45) is 0.944. The number of anilines is 2. The summed E-state index contributed by atoms with van der Waals surface area (Å²) in [5.41, 5.74) is 0.298. The molecule has 2 N–H and O–H groups in total. The van der Waals surface area contributed by atoms with Gasteiger partial charge in [-0.3, -0.25) is 9.52 Å². The number of sulfonamides is 2. The normalized spacial score (nSPS) is 14.9. The van der Waals surface area contributed by atoms with E-state index < -0.39 is 38.5 Å². The number of para-hydroxylation sites is 1. The molecule has 0 aliphatic carbocycles. The molecule has 1 aliphatic heterocycles. The number of ether oxygens (including phenoxy) is 2. The van der Waals surface area contributed by atoms with Crippen molar-refractivity contribution in [3.05, 3.63) is 54.1 Å². The average molecular weight is 498 g/mol. The largest absolute Gasteiger partial charge is 0.452 e. The Morgan fingerprint density at radius 1 is 1.00 bits per heavy atom. The number of amides is 1. The van der Waals surface area contributed by atoms with Crippen LogP contribution in [0, 0.1) is 0 Å². The Kier molecular flexibility index (Phi) is 7.68. The van der Waals surface area contributed by atoms with Crippen LogP contribution < -0.4 is 10.0 Å². The number of nitrogens with one attached hydrogen (secondary N) is 2. The molecule has 3 rings (SSSR count). The molecular weight excluding hydrogens is 474 g/mol. The summed E-state index contributed by atoms with van der Waals surface area (Å²) in [6.45, 7) is 0.589. The summed E-state index contributed by atoms with van der Waals surface area (Å²) in [5.74, 6) is -1.54. The third kappa shape index (κ3) is 6.74. The highest BCUT2D eigenvalue weighted by molar-refractivity contribution is 7.92. The van der Waals surface area contributed by atoms with Crippen LogP contribution in [0.1, 0.15) is 10.4 Å². The lowest BCUT2D eigenvalue weighted by atomic mass is 10.2. The second-order valence-corrected chi connectivity index (χ2v) is 10.8. The maximum absolute atomic E-state index is 12.6. The minimum atomic E-state index is -3.65. The number of carbonyl (C=O) groups is 2. The van der Waals surface area contributed by atoms with Crippen molar-refractivity contribution in [2.24, 2.45) is 0 Å². The maximum Gasteiger partial charge on any atom is 0.340 e. The third-order valence-electron chi connectivity index (χ3n) is 4.52. The Morgan fingerprint density at radius 3 is 2.27 bits per heavy atom. The summed E-state index contributed by atoms with van der Waals surface area (Å²) < 4.78 is 61.8. The maximum atomic E-state index is 12.6. The fraction of sp³-hybridized carbons (Fsp3) is 0.300. The van der Waals surface area contributed by atoms with Crippen LogP contribution in [0.15, 0.2) is 53.4 Å². The third-order valence-corrected chi connectivity index (χ3v) is 7.03. The van der Waals surface area contributed by atoms with Crippen molar-refractivity contribution in [1.82, 2.24) is 4.31 Å². The average Bonchev–Trinajstić information content (AvgIpc) is 2.78. The molecule has 0 spiro atoms. The Morgan fingerprint density at radius 2 is 1.64 bits per heavy atom.